The number of urea groups is 1. The number of oxazole rings is 1. The summed E-state index contributed by atoms with van der Waals surface area (Å²) in [5, 5.41) is 3.43. The summed E-state index contributed by atoms with van der Waals surface area (Å²) in [5.74, 6) is 0.592. The topological polar surface area (TPSA) is 75.4 Å². The van der Waals surface area contributed by atoms with Gasteiger partial charge in [0.05, 0.1) is 16.6 Å². The van der Waals surface area contributed by atoms with E-state index >= 15 is 0 Å². The second kappa shape index (κ2) is 7.21. The average molecular weight is 430 g/mol. The Morgan fingerprint density at radius 1 is 1.10 bits per heavy atom. The Labute approximate surface area is 177 Å². The first-order valence-corrected chi connectivity index (χ1v) is 9.66. The van der Waals surface area contributed by atoms with Gasteiger partial charge in [-0.1, -0.05) is 47.5 Å². The summed E-state index contributed by atoms with van der Waals surface area (Å²) in [6.07, 6.45) is 0. The smallest absolute Gasteiger partial charge is 0.325 e. The monoisotopic (exact) mass is 429 g/mol. The average Bonchev–Trinajstić information content (AvgIpc) is 3.18. The summed E-state index contributed by atoms with van der Waals surface area (Å²) in [5.41, 5.74) is 0.644. The first kappa shape index (κ1) is 19.5. The lowest BCUT2D eigenvalue weighted by molar-refractivity contribution is -0.131. The maximum atomic E-state index is 13.1. The fourth-order valence-corrected chi connectivity index (χ4v) is 3.57. The highest BCUT2D eigenvalue weighted by atomic mass is 35.5. The Hall–Kier alpha value is -2.83. The van der Waals surface area contributed by atoms with Crippen LogP contribution in [0.1, 0.15) is 23.9 Å². The predicted molar refractivity (Wildman–Crippen MR) is 110 cm³/mol. The Balaban J connectivity index is 1.62. The third kappa shape index (κ3) is 3.39. The third-order valence-corrected chi connectivity index (χ3v) is 5.73. The number of imide groups is 1. The molecule has 3 amide bonds. The Kier molecular flexibility index (Phi) is 4.84. The van der Waals surface area contributed by atoms with Crippen LogP contribution in [0.5, 0.6) is 0 Å². The Morgan fingerprint density at radius 2 is 1.83 bits per heavy atom. The van der Waals surface area contributed by atoms with Gasteiger partial charge in [0.1, 0.15) is 17.0 Å². The van der Waals surface area contributed by atoms with Crippen LogP contribution in [0.2, 0.25) is 10.0 Å². The van der Waals surface area contributed by atoms with Crippen LogP contribution < -0.4 is 5.32 Å². The zero-order valence-corrected chi connectivity index (χ0v) is 17.2. The molecule has 148 valence electrons. The molecule has 1 saturated heterocycles. The van der Waals surface area contributed by atoms with Crippen molar-refractivity contribution in [3.63, 3.8) is 0 Å². The minimum absolute atomic E-state index is 0.00372. The Bertz CT molecular complexity index is 1110. The molecule has 0 saturated carbocycles. The third-order valence-electron chi connectivity index (χ3n) is 4.99. The summed E-state index contributed by atoms with van der Waals surface area (Å²) >= 11 is 12.1. The van der Waals surface area contributed by atoms with Gasteiger partial charge in [-0.2, -0.15) is 0 Å². The van der Waals surface area contributed by atoms with Gasteiger partial charge in [0, 0.05) is 5.56 Å². The van der Waals surface area contributed by atoms with E-state index in [9.17, 15) is 9.59 Å². The first-order chi connectivity index (χ1) is 13.8. The molecule has 6 nitrogen and oxygen atoms in total. The molecule has 1 atom stereocenters. The van der Waals surface area contributed by atoms with E-state index in [1.54, 1.807) is 32.0 Å². The molecule has 0 radical (unpaired) electrons. The lowest BCUT2D eigenvalue weighted by Crippen LogP contribution is -2.40. The van der Waals surface area contributed by atoms with Gasteiger partial charge in [0.25, 0.3) is 5.91 Å². The van der Waals surface area contributed by atoms with Crippen LogP contribution in [-0.2, 0) is 16.9 Å². The molecule has 29 heavy (non-hydrogen) atoms. The van der Waals surface area contributed by atoms with Crippen molar-refractivity contribution >= 4 is 35.1 Å². The van der Waals surface area contributed by atoms with Gasteiger partial charge in [-0.15, -0.1) is 0 Å². The van der Waals surface area contributed by atoms with Crippen molar-refractivity contribution in [2.24, 2.45) is 0 Å². The van der Waals surface area contributed by atoms with E-state index in [4.69, 9.17) is 27.6 Å². The summed E-state index contributed by atoms with van der Waals surface area (Å²) in [7, 11) is 0. The summed E-state index contributed by atoms with van der Waals surface area (Å²) in [4.78, 5) is 31.3. The van der Waals surface area contributed by atoms with Crippen molar-refractivity contribution in [3.05, 3.63) is 75.6 Å². The van der Waals surface area contributed by atoms with Gasteiger partial charge in [0.2, 0.25) is 5.89 Å². The molecule has 0 aliphatic carbocycles. The van der Waals surface area contributed by atoms with Gasteiger partial charge in [0.15, 0.2) is 0 Å². The van der Waals surface area contributed by atoms with Gasteiger partial charge >= 0.3 is 6.03 Å². The van der Waals surface area contributed by atoms with Crippen molar-refractivity contribution in [3.8, 4) is 11.5 Å². The highest BCUT2D eigenvalue weighted by Gasteiger charge is 2.49. The van der Waals surface area contributed by atoms with Crippen LogP contribution in [-0.4, -0.2) is 21.8 Å². The lowest BCUT2D eigenvalue weighted by Gasteiger charge is -2.22. The molecule has 1 aliphatic rings. The van der Waals surface area contributed by atoms with Gasteiger partial charge in [-0.25, -0.2) is 9.78 Å². The SMILES string of the molecule is Cc1oc(-c2ccccc2)nc1CN1C(=O)NC(C)(c2ccc(Cl)c(Cl)c2)C1=O. The maximum absolute atomic E-state index is 13.1. The summed E-state index contributed by atoms with van der Waals surface area (Å²) in [6, 6.07) is 13.8. The molecule has 1 unspecified atom stereocenters. The van der Waals surface area contributed by atoms with Crippen molar-refractivity contribution in [2.75, 3.05) is 0 Å². The standard InChI is InChI=1S/C21H17Cl2N3O3/c1-12-17(24-18(29-12)13-6-4-3-5-7-13)11-26-19(27)21(2,25-20(26)28)14-8-9-15(22)16(23)10-14/h3-10H,11H2,1-2H3,(H,25,28). The zero-order chi connectivity index (χ0) is 20.8. The predicted octanol–water partition coefficient (Wildman–Crippen LogP) is 4.92. The van der Waals surface area contributed by atoms with Crippen LogP contribution in [0, 0.1) is 6.92 Å². The molecule has 2 aromatic carbocycles. The number of hydrogen-bond acceptors (Lipinski definition) is 4. The number of benzene rings is 2. The number of aryl methyl sites for hydroxylation is 1. The van der Waals surface area contributed by atoms with Crippen LogP contribution in [0.4, 0.5) is 4.79 Å². The normalized spacial score (nSPS) is 19.0. The van der Waals surface area contributed by atoms with E-state index in [2.05, 4.69) is 10.3 Å². The number of nitrogens with one attached hydrogen (secondary N) is 1. The molecule has 2 heterocycles. The van der Waals surface area contributed by atoms with E-state index in [0.29, 0.717) is 33.0 Å². The zero-order valence-electron chi connectivity index (χ0n) is 15.7. The minimum atomic E-state index is -1.24. The molecule has 4 rings (SSSR count). The first-order valence-electron chi connectivity index (χ1n) is 8.91. The largest absolute Gasteiger partial charge is 0.441 e. The number of carbonyl (C=O) groups is 2. The van der Waals surface area contributed by atoms with Crippen molar-refractivity contribution < 1.29 is 14.0 Å². The highest BCUT2D eigenvalue weighted by Crippen LogP contribution is 2.34. The number of aromatic nitrogens is 1. The molecule has 0 bridgehead atoms. The van der Waals surface area contributed by atoms with Crippen LogP contribution in [0.15, 0.2) is 52.9 Å². The van der Waals surface area contributed by atoms with Crippen molar-refractivity contribution in [1.82, 2.24) is 15.2 Å². The van der Waals surface area contributed by atoms with Crippen molar-refractivity contribution in [2.45, 2.75) is 25.9 Å². The van der Waals surface area contributed by atoms with E-state index in [0.717, 1.165) is 10.5 Å². The second-order valence-electron chi connectivity index (χ2n) is 6.96. The molecule has 3 aromatic rings. The number of amides is 3. The molecule has 0 spiro atoms. The number of rotatable bonds is 4. The molecule has 1 aromatic heterocycles. The van der Waals surface area contributed by atoms with Crippen molar-refractivity contribution in [1.29, 1.82) is 0 Å². The van der Waals surface area contributed by atoms with E-state index in [-0.39, 0.29) is 6.54 Å². The quantitative estimate of drug-likeness (QED) is 0.596. The Morgan fingerprint density at radius 3 is 2.52 bits per heavy atom. The number of nitrogens with zero attached hydrogens (tertiary/aromatic N) is 2. The summed E-state index contributed by atoms with van der Waals surface area (Å²) < 4.78 is 5.73. The highest BCUT2D eigenvalue weighted by molar-refractivity contribution is 6.42. The van der Waals surface area contributed by atoms with Crippen LogP contribution >= 0.6 is 23.2 Å². The van der Waals surface area contributed by atoms with E-state index in [1.165, 1.54) is 0 Å². The minimum Gasteiger partial charge on any atom is -0.441 e. The lowest BCUT2D eigenvalue weighted by atomic mass is 9.92. The molecular formula is C21H17Cl2N3O3. The maximum Gasteiger partial charge on any atom is 0.325 e. The molecule has 1 aliphatic heterocycles. The number of carbonyl (C=O) groups excluding carboxylic acids is 2. The molecular weight excluding hydrogens is 413 g/mol. The van der Waals surface area contributed by atoms with Gasteiger partial charge in [-0.05, 0) is 43.7 Å². The molecule has 8 heteroatoms. The van der Waals surface area contributed by atoms with Gasteiger partial charge < -0.3 is 9.73 Å². The van der Waals surface area contributed by atoms with E-state index < -0.39 is 17.5 Å². The number of halogens is 2. The summed E-state index contributed by atoms with van der Waals surface area (Å²) in [6.45, 7) is 3.40. The van der Waals surface area contributed by atoms with Gasteiger partial charge in [-0.3, -0.25) is 9.69 Å². The molecule has 1 fully saturated rings. The second-order valence-corrected chi connectivity index (χ2v) is 7.78. The fourth-order valence-electron chi connectivity index (χ4n) is 3.27. The molecule has 1 N–H and O–H groups in total. The van der Waals surface area contributed by atoms with E-state index in [1.807, 2.05) is 30.3 Å². The van der Waals surface area contributed by atoms with Crippen LogP contribution in [0.3, 0.4) is 0 Å². The number of hydrogen-bond donors (Lipinski definition) is 1. The fraction of sp³-hybridized carbons (Fsp3) is 0.190. The van der Waals surface area contributed by atoms with Crippen LogP contribution in [0.25, 0.3) is 11.5 Å².